The van der Waals surface area contributed by atoms with E-state index in [9.17, 15) is 4.79 Å². The van der Waals surface area contributed by atoms with Crippen LogP contribution >= 0.6 is 0 Å². The molecule has 148 valence electrons. The third kappa shape index (κ3) is 3.68. The average Bonchev–Trinajstić information content (AvgIpc) is 3.38. The van der Waals surface area contributed by atoms with Crippen molar-refractivity contribution in [2.24, 2.45) is 5.73 Å². The lowest BCUT2D eigenvalue weighted by molar-refractivity contribution is -0.00619. The van der Waals surface area contributed by atoms with Gasteiger partial charge in [-0.2, -0.15) is 5.10 Å². The van der Waals surface area contributed by atoms with Gasteiger partial charge >= 0.3 is 0 Å². The van der Waals surface area contributed by atoms with Gasteiger partial charge in [-0.05, 0) is 49.9 Å². The molecule has 4 rings (SSSR count). The summed E-state index contributed by atoms with van der Waals surface area (Å²) in [4.78, 5) is 12.2. The minimum absolute atomic E-state index is 0.287. The summed E-state index contributed by atoms with van der Waals surface area (Å²) in [7, 11) is 1.69. The lowest BCUT2D eigenvalue weighted by Crippen LogP contribution is -2.25. The molecule has 7 nitrogen and oxygen atoms in total. The summed E-state index contributed by atoms with van der Waals surface area (Å²) in [5.74, 6) is -0.421. The molecule has 0 saturated heterocycles. The fraction of sp³-hybridized carbons (Fsp3) is 0.429. The number of rotatable bonds is 7. The monoisotopic (exact) mass is 382 g/mol. The van der Waals surface area contributed by atoms with Crippen molar-refractivity contribution >= 4 is 16.8 Å². The first-order valence-electron chi connectivity index (χ1n) is 9.72. The Morgan fingerprint density at radius 1 is 1.21 bits per heavy atom. The Morgan fingerprint density at radius 3 is 2.71 bits per heavy atom. The van der Waals surface area contributed by atoms with Crippen molar-refractivity contribution in [1.29, 1.82) is 0 Å². The van der Waals surface area contributed by atoms with E-state index in [1.54, 1.807) is 18.0 Å². The lowest BCUT2D eigenvalue weighted by Gasteiger charge is -2.30. The number of benzene rings is 1. The van der Waals surface area contributed by atoms with Crippen LogP contribution in [0.15, 0.2) is 42.9 Å². The molecule has 0 atom stereocenters. The number of carbonyl (C=O) groups excluding carboxylic acids is 1. The molecule has 2 heterocycles. The number of fused-ring (bicyclic) bond motifs is 1. The van der Waals surface area contributed by atoms with E-state index >= 15 is 0 Å². The van der Waals surface area contributed by atoms with Crippen LogP contribution in [0, 0.1) is 0 Å². The largest absolute Gasteiger partial charge is 0.382 e. The Hall–Kier alpha value is -2.64. The van der Waals surface area contributed by atoms with Crippen LogP contribution in [0.4, 0.5) is 0 Å². The fourth-order valence-corrected chi connectivity index (χ4v) is 4.13. The van der Waals surface area contributed by atoms with Gasteiger partial charge in [-0.1, -0.05) is 0 Å². The molecule has 0 unspecified atom stereocenters. The zero-order chi connectivity index (χ0) is 19.5. The second-order valence-corrected chi connectivity index (χ2v) is 7.26. The van der Waals surface area contributed by atoms with Crippen LogP contribution in [-0.4, -0.2) is 46.7 Å². The van der Waals surface area contributed by atoms with E-state index < -0.39 is 5.91 Å². The number of ether oxygens (including phenoxy) is 2. The summed E-state index contributed by atoms with van der Waals surface area (Å²) in [6.07, 6.45) is 9.97. The Kier molecular flexibility index (Phi) is 5.45. The highest BCUT2D eigenvalue weighted by Crippen LogP contribution is 2.35. The van der Waals surface area contributed by atoms with Gasteiger partial charge in [-0.25, -0.2) is 4.68 Å². The second kappa shape index (κ2) is 8.16. The van der Waals surface area contributed by atoms with E-state index in [0.29, 0.717) is 24.8 Å². The first kappa shape index (κ1) is 18.7. The standard InChI is InChI=1S/C21H26N4O3/c1-27-11-12-28-18-5-3-16(4-6-18)24-10-7-15-13-17(25-9-2-8-23-25)14-19(20(15)24)21(22)26/h2,7-10,13-14,16,18H,3-6,11-12H2,1H3,(H2,22,26). The van der Waals surface area contributed by atoms with E-state index in [-0.39, 0.29) is 6.10 Å². The number of hydrogen-bond donors (Lipinski definition) is 1. The summed E-state index contributed by atoms with van der Waals surface area (Å²) >= 11 is 0. The van der Waals surface area contributed by atoms with Crippen LogP contribution in [0.1, 0.15) is 42.1 Å². The SMILES string of the molecule is COCCOC1CCC(n2ccc3cc(-n4cccn4)cc(C(N)=O)c32)CC1. The molecule has 0 bridgehead atoms. The van der Waals surface area contributed by atoms with Crippen molar-refractivity contribution in [1.82, 2.24) is 14.3 Å². The Balaban J connectivity index is 1.60. The van der Waals surface area contributed by atoms with Gasteiger partial charge in [-0.3, -0.25) is 4.79 Å². The van der Waals surface area contributed by atoms with Gasteiger partial charge in [0.1, 0.15) is 0 Å². The average molecular weight is 382 g/mol. The van der Waals surface area contributed by atoms with Crippen LogP contribution < -0.4 is 5.73 Å². The maximum atomic E-state index is 12.2. The van der Waals surface area contributed by atoms with Crippen molar-refractivity contribution < 1.29 is 14.3 Å². The molecule has 1 aliphatic rings. The molecule has 1 amide bonds. The molecule has 2 N–H and O–H groups in total. The third-order valence-electron chi connectivity index (χ3n) is 5.51. The molecule has 28 heavy (non-hydrogen) atoms. The topological polar surface area (TPSA) is 84.3 Å². The van der Waals surface area contributed by atoms with Crippen LogP contribution in [0.5, 0.6) is 0 Å². The maximum Gasteiger partial charge on any atom is 0.250 e. The van der Waals surface area contributed by atoms with Crippen molar-refractivity contribution in [2.75, 3.05) is 20.3 Å². The molecule has 7 heteroatoms. The Bertz CT molecular complexity index is 940. The molecule has 1 fully saturated rings. The molecule has 0 radical (unpaired) electrons. The van der Waals surface area contributed by atoms with Crippen LogP contribution in [0.2, 0.25) is 0 Å². The first-order chi connectivity index (χ1) is 13.7. The summed E-state index contributed by atoms with van der Waals surface area (Å²) in [6, 6.07) is 8.12. The summed E-state index contributed by atoms with van der Waals surface area (Å²) < 4.78 is 14.9. The molecule has 0 spiro atoms. The number of nitrogens with zero attached hydrogens (tertiary/aromatic N) is 3. The zero-order valence-corrected chi connectivity index (χ0v) is 16.1. The van der Waals surface area contributed by atoms with Crippen molar-refractivity contribution in [3.05, 3.63) is 48.4 Å². The Labute approximate surface area is 164 Å². The molecule has 2 aromatic heterocycles. The van der Waals surface area contributed by atoms with Crippen molar-refractivity contribution in [3.63, 3.8) is 0 Å². The van der Waals surface area contributed by atoms with Crippen molar-refractivity contribution in [3.8, 4) is 5.69 Å². The van der Waals surface area contributed by atoms with E-state index in [2.05, 4.69) is 21.9 Å². The normalized spacial score (nSPS) is 19.9. The quantitative estimate of drug-likeness (QED) is 0.637. The van der Waals surface area contributed by atoms with Crippen LogP contribution in [-0.2, 0) is 9.47 Å². The summed E-state index contributed by atoms with van der Waals surface area (Å²) in [6.45, 7) is 1.27. The molecule has 1 aromatic carbocycles. The smallest absolute Gasteiger partial charge is 0.250 e. The molecular weight excluding hydrogens is 356 g/mol. The zero-order valence-electron chi connectivity index (χ0n) is 16.1. The number of methoxy groups -OCH3 is 1. The van der Waals surface area contributed by atoms with Gasteiger partial charge in [-0.15, -0.1) is 0 Å². The molecule has 3 aromatic rings. The lowest BCUT2D eigenvalue weighted by atomic mass is 9.92. The van der Waals surface area contributed by atoms with Gasteiger partial charge in [0.25, 0.3) is 5.91 Å². The van der Waals surface area contributed by atoms with E-state index in [1.807, 2.05) is 24.4 Å². The molecule has 0 aliphatic heterocycles. The second-order valence-electron chi connectivity index (χ2n) is 7.26. The predicted molar refractivity (Wildman–Crippen MR) is 107 cm³/mol. The number of aromatic nitrogens is 3. The van der Waals surface area contributed by atoms with E-state index in [1.165, 1.54) is 0 Å². The Morgan fingerprint density at radius 2 is 2.04 bits per heavy atom. The number of primary amides is 1. The van der Waals surface area contributed by atoms with Crippen LogP contribution in [0.25, 0.3) is 16.6 Å². The predicted octanol–water partition coefficient (Wildman–Crippen LogP) is 3.07. The highest BCUT2D eigenvalue weighted by Gasteiger charge is 2.25. The third-order valence-corrected chi connectivity index (χ3v) is 5.51. The minimum Gasteiger partial charge on any atom is -0.382 e. The molecular formula is C21H26N4O3. The van der Waals surface area contributed by atoms with Gasteiger partial charge in [0.15, 0.2) is 0 Å². The van der Waals surface area contributed by atoms with Gasteiger partial charge in [0.05, 0.1) is 36.1 Å². The van der Waals surface area contributed by atoms with E-state index in [4.69, 9.17) is 15.2 Å². The minimum atomic E-state index is -0.421. The highest BCUT2D eigenvalue weighted by atomic mass is 16.5. The fourth-order valence-electron chi connectivity index (χ4n) is 4.13. The number of hydrogen-bond acceptors (Lipinski definition) is 4. The summed E-state index contributed by atoms with van der Waals surface area (Å²) in [5, 5.41) is 5.26. The maximum absolute atomic E-state index is 12.2. The number of carbonyl (C=O) groups is 1. The molecule has 1 saturated carbocycles. The number of amides is 1. The van der Waals surface area contributed by atoms with Crippen molar-refractivity contribution in [2.45, 2.75) is 37.8 Å². The van der Waals surface area contributed by atoms with Gasteiger partial charge in [0.2, 0.25) is 0 Å². The molecule has 1 aliphatic carbocycles. The number of nitrogens with two attached hydrogens (primary N) is 1. The van der Waals surface area contributed by atoms with Gasteiger partial charge in [0, 0.05) is 37.1 Å². The van der Waals surface area contributed by atoms with E-state index in [0.717, 1.165) is 42.3 Å². The van der Waals surface area contributed by atoms with Gasteiger partial charge < -0.3 is 19.8 Å². The summed E-state index contributed by atoms with van der Waals surface area (Å²) in [5.41, 5.74) is 8.01. The highest BCUT2D eigenvalue weighted by molar-refractivity contribution is 6.06. The van der Waals surface area contributed by atoms with Crippen LogP contribution in [0.3, 0.4) is 0 Å². The first-order valence-corrected chi connectivity index (χ1v) is 9.72.